The molecule has 2 heterocycles. The Balaban J connectivity index is 1.84. The summed E-state index contributed by atoms with van der Waals surface area (Å²) in [6.45, 7) is 4.11. The van der Waals surface area contributed by atoms with Gasteiger partial charge in [-0.3, -0.25) is 9.97 Å². The molecule has 0 bridgehead atoms. The fourth-order valence-electron chi connectivity index (χ4n) is 2.98. The molecule has 0 spiro atoms. The number of halogens is 3. The first-order valence-corrected chi connectivity index (χ1v) is 9.07. The molecule has 3 aromatic rings. The highest BCUT2D eigenvalue weighted by molar-refractivity contribution is 5.88. The Morgan fingerprint density at radius 1 is 1.10 bits per heavy atom. The van der Waals surface area contributed by atoms with Crippen LogP contribution in [0.3, 0.4) is 0 Å². The highest BCUT2D eigenvalue weighted by atomic mass is 19.4. The van der Waals surface area contributed by atoms with Crippen molar-refractivity contribution in [2.24, 2.45) is 0 Å². The summed E-state index contributed by atoms with van der Waals surface area (Å²) in [7, 11) is 0. The fraction of sp³-hybridized carbons (Fsp3) is 0.174. The van der Waals surface area contributed by atoms with Crippen molar-refractivity contribution in [2.45, 2.75) is 26.6 Å². The van der Waals surface area contributed by atoms with Gasteiger partial charge in [0, 0.05) is 12.4 Å². The van der Waals surface area contributed by atoms with E-state index in [4.69, 9.17) is 4.74 Å². The van der Waals surface area contributed by atoms with Crippen LogP contribution in [0.1, 0.15) is 33.6 Å². The Bertz CT molecular complexity index is 1080. The van der Waals surface area contributed by atoms with Gasteiger partial charge in [-0.15, -0.1) is 0 Å². The molecular weight excluding hydrogens is 391 g/mol. The molecule has 0 saturated carbocycles. The number of aromatic nitrogens is 2. The van der Waals surface area contributed by atoms with E-state index >= 15 is 0 Å². The zero-order valence-electron chi connectivity index (χ0n) is 16.4. The summed E-state index contributed by atoms with van der Waals surface area (Å²) in [6.07, 6.45) is -0.448. The quantitative estimate of drug-likeness (QED) is 0.503. The minimum Gasteiger partial charge on any atom is -0.487 e. The van der Waals surface area contributed by atoms with E-state index in [0.29, 0.717) is 6.61 Å². The van der Waals surface area contributed by atoms with Crippen LogP contribution in [0.25, 0.3) is 11.6 Å². The number of ether oxygens (including phenoxy) is 1. The number of nitrogens with zero attached hydrogens (tertiary/aromatic N) is 3. The number of benzene rings is 1. The number of hydrogen-bond donors (Lipinski definition) is 0. The summed E-state index contributed by atoms with van der Waals surface area (Å²) in [5.74, 6) is 0.726. The van der Waals surface area contributed by atoms with Gasteiger partial charge in [-0.1, -0.05) is 6.07 Å². The third kappa shape index (κ3) is 5.03. The molecule has 0 aliphatic carbocycles. The van der Waals surface area contributed by atoms with Crippen LogP contribution in [0, 0.1) is 25.2 Å². The van der Waals surface area contributed by atoms with Crippen molar-refractivity contribution in [3.05, 3.63) is 88.5 Å². The molecule has 2 aromatic heterocycles. The van der Waals surface area contributed by atoms with Gasteiger partial charge in [0.2, 0.25) is 0 Å². The maximum Gasteiger partial charge on any atom is 0.417 e. The van der Waals surface area contributed by atoms with Crippen LogP contribution in [-0.4, -0.2) is 9.97 Å². The number of rotatable bonds is 5. The van der Waals surface area contributed by atoms with Gasteiger partial charge >= 0.3 is 6.18 Å². The Hall–Kier alpha value is -3.66. The molecule has 0 aliphatic heterocycles. The highest BCUT2D eigenvalue weighted by Crippen LogP contribution is 2.30. The van der Waals surface area contributed by atoms with Crippen molar-refractivity contribution < 1.29 is 17.9 Å². The van der Waals surface area contributed by atoms with E-state index in [1.54, 1.807) is 12.3 Å². The normalized spacial score (nSPS) is 11.8. The molecule has 1 aromatic carbocycles. The molecule has 4 nitrogen and oxygen atoms in total. The van der Waals surface area contributed by atoms with Gasteiger partial charge in [-0.05, 0) is 73.0 Å². The van der Waals surface area contributed by atoms with E-state index in [-0.39, 0.29) is 11.3 Å². The van der Waals surface area contributed by atoms with Crippen LogP contribution in [0.15, 0.2) is 54.9 Å². The second kappa shape index (κ2) is 8.78. The predicted octanol–water partition coefficient (Wildman–Crippen LogP) is 5.76. The first-order chi connectivity index (χ1) is 14.3. The molecule has 0 aliphatic rings. The lowest BCUT2D eigenvalue weighted by atomic mass is 10.0. The average molecular weight is 409 g/mol. The summed E-state index contributed by atoms with van der Waals surface area (Å²) in [5.41, 5.74) is 2.77. The lowest BCUT2D eigenvalue weighted by Gasteiger charge is -2.13. The van der Waals surface area contributed by atoms with Crippen LogP contribution < -0.4 is 4.74 Å². The van der Waals surface area contributed by atoms with Crippen molar-refractivity contribution >= 4 is 11.6 Å². The zero-order chi connectivity index (χ0) is 21.7. The van der Waals surface area contributed by atoms with Crippen LogP contribution >= 0.6 is 0 Å². The minimum absolute atomic E-state index is 0.171. The lowest BCUT2D eigenvalue weighted by Crippen LogP contribution is -2.05. The van der Waals surface area contributed by atoms with Gasteiger partial charge in [0.15, 0.2) is 0 Å². The van der Waals surface area contributed by atoms with E-state index in [1.807, 2.05) is 50.2 Å². The Morgan fingerprint density at radius 2 is 1.83 bits per heavy atom. The van der Waals surface area contributed by atoms with E-state index in [0.717, 1.165) is 40.4 Å². The summed E-state index contributed by atoms with van der Waals surface area (Å²) in [5, 5.41) is 9.46. The number of nitriles is 1. The van der Waals surface area contributed by atoms with Crippen LogP contribution in [0.5, 0.6) is 5.75 Å². The van der Waals surface area contributed by atoms with E-state index in [1.165, 1.54) is 6.07 Å². The topological polar surface area (TPSA) is 58.8 Å². The first-order valence-electron chi connectivity index (χ1n) is 9.07. The Labute approximate surface area is 172 Å². The number of hydrogen-bond acceptors (Lipinski definition) is 4. The van der Waals surface area contributed by atoms with Gasteiger partial charge < -0.3 is 4.74 Å². The molecule has 0 unspecified atom stereocenters. The molecule has 152 valence electrons. The van der Waals surface area contributed by atoms with E-state index in [9.17, 15) is 18.4 Å². The minimum atomic E-state index is -4.47. The molecule has 0 saturated heterocycles. The van der Waals surface area contributed by atoms with Gasteiger partial charge in [-0.2, -0.15) is 18.4 Å². The summed E-state index contributed by atoms with van der Waals surface area (Å²) in [6, 6.07) is 13.4. The molecular formula is C23H18F3N3O. The van der Waals surface area contributed by atoms with E-state index in [2.05, 4.69) is 9.97 Å². The van der Waals surface area contributed by atoms with Crippen molar-refractivity contribution in [1.82, 2.24) is 9.97 Å². The third-order valence-corrected chi connectivity index (χ3v) is 4.37. The second-order valence-corrected chi connectivity index (χ2v) is 6.69. The maximum atomic E-state index is 12.7. The van der Waals surface area contributed by atoms with Gasteiger partial charge in [0.25, 0.3) is 0 Å². The molecule has 0 N–H and O–H groups in total. The van der Waals surface area contributed by atoms with Gasteiger partial charge in [0.1, 0.15) is 18.4 Å². The predicted molar refractivity (Wildman–Crippen MR) is 107 cm³/mol. The smallest absolute Gasteiger partial charge is 0.417 e. The zero-order valence-corrected chi connectivity index (χ0v) is 16.4. The first kappa shape index (κ1) is 21.1. The number of pyridine rings is 2. The molecule has 0 amide bonds. The summed E-state index contributed by atoms with van der Waals surface area (Å²) < 4.78 is 44.0. The molecule has 3 rings (SSSR count). The van der Waals surface area contributed by atoms with Gasteiger partial charge in [-0.25, -0.2) is 0 Å². The number of aryl methyl sites for hydroxylation is 2. The van der Waals surface area contributed by atoms with Crippen molar-refractivity contribution in [1.29, 1.82) is 5.26 Å². The largest absolute Gasteiger partial charge is 0.487 e. The van der Waals surface area contributed by atoms with E-state index < -0.39 is 11.7 Å². The Kier molecular flexibility index (Phi) is 6.17. The van der Waals surface area contributed by atoms with Crippen LogP contribution in [0.2, 0.25) is 0 Å². The van der Waals surface area contributed by atoms with Crippen molar-refractivity contribution in [3.8, 4) is 11.8 Å². The monoisotopic (exact) mass is 409 g/mol. The van der Waals surface area contributed by atoms with Crippen LogP contribution in [-0.2, 0) is 12.8 Å². The Morgan fingerprint density at radius 3 is 2.37 bits per heavy atom. The summed E-state index contributed by atoms with van der Waals surface area (Å²) >= 11 is 0. The fourth-order valence-corrected chi connectivity index (χ4v) is 2.98. The lowest BCUT2D eigenvalue weighted by molar-refractivity contribution is -0.137. The second-order valence-electron chi connectivity index (χ2n) is 6.69. The third-order valence-electron chi connectivity index (χ3n) is 4.37. The highest BCUT2D eigenvalue weighted by Gasteiger charge is 2.30. The van der Waals surface area contributed by atoms with Crippen LogP contribution in [0.4, 0.5) is 13.2 Å². The van der Waals surface area contributed by atoms with Crippen molar-refractivity contribution in [3.63, 3.8) is 0 Å². The molecule has 0 atom stereocenters. The molecule has 0 fully saturated rings. The number of allylic oxidation sites excluding steroid dienone is 1. The number of alkyl halides is 3. The molecule has 0 radical (unpaired) electrons. The maximum absolute atomic E-state index is 12.7. The summed E-state index contributed by atoms with van der Waals surface area (Å²) in [4.78, 5) is 8.02. The molecule has 30 heavy (non-hydrogen) atoms. The van der Waals surface area contributed by atoms with Crippen molar-refractivity contribution in [2.75, 3.05) is 0 Å². The SMILES string of the molecule is Cc1cc(C=C(C#N)c2ccc(C(F)(F)F)cn2)cc(C)c1OCc1ccccn1. The molecule has 7 heteroatoms. The standard InChI is InChI=1S/C23H18F3N3O/c1-15-9-17(10-16(2)22(15)30-14-20-5-3-4-8-28-20)11-18(12-27)21-7-6-19(13-29-21)23(24,25)26/h3-11,13H,14H2,1-2H3. The average Bonchev–Trinajstić information content (AvgIpc) is 2.71. The van der Waals surface area contributed by atoms with Gasteiger partial charge in [0.05, 0.1) is 22.5 Å².